The van der Waals surface area contributed by atoms with Gasteiger partial charge in [0.1, 0.15) is 12.4 Å². The third-order valence-electron chi connectivity index (χ3n) is 5.18. The van der Waals surface area contributed by atoms with Gasteiger partial charge in [-0.3, -0.25) is 0 Å². The van der Waals surface area contributed by atoms with Crippen molar-refractivity contribution in [2.24, 2.45) is 0 Å². The molecule has 0 aliphatic rings. The number of carbonyl (C=O) groups is 2. The molecule has 0 saturated carbocycles. The van der Waals surface area contributed by atoms with E-state index >= 15 is 0 Å². The lowest BCUT2D eigenvalue weighted by Crippen LogP contribution is -2.39. The van der Waals surface area contributed by atoms with E-state index in [1.165, 1.54) is 0 Å². The van der Waals surface area contributed by atoms with Crippen molar-refractivity contribution in [3.8, 4) is 16.9 Å². The molecule has 1 N–H and O–H groups in total. The van der Waals surface area contributed by atoms with E-state index in [1.54, 1.807) is 20.8 Å². The second kappa shape index (κ2) is 11.9. The van der Waals surface area contributed by atoms with E-state index < -0.39 is 17.7 Å². The van der Waals surface area contributed by atoms with Gasteiger partial charge in [0.05, 0.1) is 6.61 Å². The second-order valence-electron chi connectivity index (χ2n) is 8.29. The lowest BCUT2D eigenvalue weighted by Gasteiger charge is -2.24. The summed E-state index contributed by atoms with van der Waals surface area (Å²) >= 11 is 0. The Hall–Kier alpha value is -3.80. The third-order valence-corrected chi connectivity index (χ3v) is 5.18. The summed E-state index contributed by atoms with van der Waals surface area (Å²) in [5.74, 6) is 0.206. The first-order valence-electron chi connectivity index (χ1n) is 11.4. The molecule has 3 rings (SSSR count). The predicted octanol–water partition coefficient (Wildman–Crippen LogP) is 5.54. The predicted molar refractivity (Wildman–Crippen MR) is 132 cm³/mol. The zero-order valence-corrected chi connectivity index (χ0v) is 19.9. The third kappa shape index (κ3) is 7.37. The highest BCUT2D eigenvalue weighted by Crippen LogP contribution is 2.25. The van der Waals surface area contributed by atoms with Crippen molar-refractivity contribution in [3.05, 3.63) is 90.0 Å². The van der Waals surface area contributed by atoms with Crippen LogP contribution < -0.4 is 10.1 Å². The van der Waals surface area contributed by atoms with Crippen LogP contribution in [0.3, 0.4) is 0 Å². The van der Waals surface area contributed by atoms with E-state index in [4.69, 9.17) is 14.2 Å². The molecule has 0 unspecified atom stereocenters. The number of hydrogen-bond donors (Lipinski definition) is 1. The summed E-state index contributed by atoms with van der Waals surface area (Å²) in [5, 5.41) is 2.78. The number of benzene rings is 3. The molecule has 3 aromatic carbocycles. The Kier molecular flexibility index (Phi) is 8.68. The molecule has 0 saturated heterocycles. The monoisotopic (exact) mass is 461 g/mol. The fourth-order valence-electron chi connectivity index (χ4n) is 3.30. The summed E-state index contributed by atoms with van der Waals surface area (Å²) in [7, 11) is 0. The Bertz CT molecular complexity index is 1060. The van der Waals surface area contributed by atoms with E-state index in [-0.39, 0.29) is 6.61 Å². The van der Waals surface area contributed by atoms with Gasteiger partial charge in [0.2, 0.25) is 0 Å². The van der Waals surface area contributed by atoms with E-state index in [9.17, 15) is 9.59 Å². The van der Waals surface area contributed by atoms with Crippen LogP contribution in [0.25, 0.3) is 11.1 Å². The molecule has 3 aromatic rings. The van der Waals surface area contributed by atoms with Crippen molar-refractivity contribution in [2.75, 3.05) is 13.2 Å². The number of hydrogen-bond acceptors (Lipinski definition) is 5. The molecule has 0 atom stereocenters. The molecule has 0 aliphatic carbocycles. The number of nitrogens with one attached hydrogen (secondary N) is 1. The number of esters is 1. The standard InChI is InChI=1S/C28H31NO5/c1-4-32-26(30)28(2,3)34-25-16-14-24(15-17-25)23-12-10-21(11-13-23)18-19-29-27(31)33-20-22-8-6-5-7-9-22/h5-17H,4,18-20H2,1-3H3,(H,29,31). The van der Waals surface area contributed by atoms with Crippen LogP contribution in [0.2, 0.25) is 0 Å². The smallest absolute Gasteiger partial charge is 0.407 e. The molecule has 0 heterocycles. The Morgan fingerprint density at radius 3 is 2.03 bits per heavy atom. The minimum absolute atomic E-state index is 0.255. The minimum atomic E-state index is -1.05. The fourth-order valence-corrected chi connectivity index (χ4v) is 3.30. The molecule has 0 aromatic heterocycles. The van der Waals surface area contributed by atoms with Gasteiger partial charge in [-0.25, -0.2) is 9.59 Å². The number of alkyl carbamates (subject to hydrolysis) is 1. The van der Waals surface area contributed by atoms with E-state index in [0.29, 0.717) is 25.3 Å². The molecule has 1 amide bonds. The van der Waals surface area contributed by atoms with Crippen LogP contribution >= 0.6 is 0 Å². The zero-order chi connectivity index (χ0) is 24.4. The number of carbonyl (C=O) groups excluding carboxylic acids is 2. The quantitative estimate of drug-likeness (QED) is 0.401. The molecule has 0 aliphatic heterocycles. The van der Waals surface area contributed by atoms with E-state index in [0.717, 1.165) is 22.3 Å². The lowest BCUT2D eigenvalue weighted by molar-refractivity contribution is -0.158. The van der Waals surface area contributed by atoms with Crippen LogP contribution in [0, 0.1) is 0 Å². The van der Waals surface area contributed by atoms with Crippen LogP contribution in [0.5, 0.6) is 5.75 Å². The normalized spacial score (nSPS) is 10.9. The Morgan fingerprint density at radius 1 is 0.794 bits per heavy atom. The van der Waals surface area contributed by atoms with Gasteiger partial charge in [0, 0.05) is 6.54 Å². The number of ether oxygens (including phenoxy) is 3. The van der Waals surface area contributed by atoms with Crippen molar-refractivity contribution in [2.45, 2.75) is 39.4 Å². The maximum atomic E-state index is 12.0. The molecule has 0 radical (unpaired) electrons. The van der Waals surface area contributed by atoms with Crippen LogP contribution in [0.1, 0.15) is 31.9 Å². The Balaban J connectivity index is 1.46. The molecule has 34 heavy (non-hydrogen) atoms. The zero-order valence-electron chi connectivity index (χ0n) is 19.9. The van der Waals surface area contributed by atoms with Gasteiger partial charge >= 0.3 is 12.1 Å². The Labute approximate surface area is 200 Å². The van der Waals surface area contributed by atoms with E-state index in [1.807, 2.05) is 78.9 Å². The lowest BCUT2D eigenvalue weighted by atomic mass is 10.0. The summed E-state index contributed by atoms with van der Waals surface area (Å²) < 4.78 is 16.1. The first-order valence-corrected chi connectivity index (χ1v) is 11.4. The summed E-state index contributed by atoms with van der Waals surface area (Å²) in [6.07, 6.45) is 0.282. The fraction of sp³-hybridized carbons (Fsp3) is 0.286. The summed E-state index contributed by atoms with van der Waals surface area (Å²) in [4.78, 5) is 23.9. The van der Waals surface area contributed by atoms with Gasteiger partial charge in [-0.05, 0) is 61.6 Å². The van der Waals surface area contributed by atoms with Crippen molar-refractivity contribution in [3.63, 3.8) is 0 Å². The van der Waals surface area contributed by atoms with E-state index in [2.05, 4.69) is 5.32 Å². The van der Waals surface area contributed by atoms with Gasteiger partial charge in [0.25, 0.3) is 0 Å². The van der Waals surface area contributed by atoms with Crippen LogP contribution in [0.15, 0.2) is 78.9 Å². The summed E-state index contributed by atoms with van der Waals surface area (Å²) in [5.41, 5.74) is 3.12. The van der Waals surface area contributed by atoms with Crippen LogP contribution in [0.4, 0.5) is 4.79 Å². The summed E-state index contributed by atoms with van der Waals surface area (Å²) in [6, 6.07) is 25.3. The molecule has 0 bridgehead atoms. The van der Waals surface area contributed by atoms with Crippen LogP contribution in [-0.4, -0.2) is 30.8 Å². The highest BCUT2D eigenvalue weighted by Gasteiger charge is 2.31. The second-order valence-corrected chi connectivity index (χ2v) is 8.29. The van der Waals surface area contributed by atoms with Crippen molar-refractivity contribution >= 4 is 12.1 Å². The SMILES string of the molecule is CCOC(=O)C(C)(C)Oc1ccc(-c2ccc(CCNC(=O)OCc3ccccc3)cc2)cc1. The van der Waals surface area contributed by atoms with Gasteiger partial charge < -0.3 is 19.5 Å². The molecule has 6 nitrogen and oxygen atoms in total. The van der Waals surface area contributed by atoms with Crippen LogP contribution in [-0.2, 0) is 27.3 Å². The largest absolute Gasteiger partial charge is 0.476 e. The molecule has 0 spiro atoms. The first-order chi connectivity index (χ1) is 16.4. The molecular weight excluding hydrogens is 430 g/mol. The summed E-state index contributed by atoms with van der Waals surface area (Å²) in [6.45, 7) is 6.21. The Morgan fingerprint density at radius 2 is 1.41 bits per heavy atom. The highest BCUT2D eigenvalue weighted by molar-refractivity contribution is 5.79. The van der Waals surface area contributed by atoms with Crippen molar-refractivity contribution < 1.29 is 23.8 Å². The molecule has 6 heteroatoms. The molecular formula is C28H31NO5. The average Bonchev–Trinajstić information content (AvgIpc) is 2.84. The first kappa shape index (κ1) is 24.8. The molecule has 178 valence electrons. The maximum Gasteiger partial charge on any atom is 0.407 e. The topological polar surface area (TPSA) is 73.9 Å². The van der Waals surface area contributed by atoms with Gasteiger partial charge in [-0.1, -0.05) is 66.7 Å². The maximum absolute atomic E-state index is 12.0. The minimum Gasteiger partial charge on any atom is -0.476 e. The van der Waals surface area contributed by atoms with Gasteiger partial charge in [-0.15, -0.1) is 0 Å². The average molecular weight is 462 g/mol. The highest BCUT2D eigenvalue weighted by atomic mass is 16.6. The van der Waals surface area contributed by atoms with Gasteiger partial charge in [0.15, 0.2) is 5.60 Å². The number of amides is 1. The van der Waals surface area contributed by atoms with Gasteiger partial charge in [-0.2, -0.15) is 0 Å². The number of rotatable bonds is 10. The molecule has 0 fully saturated rings. The van der Waals surface area contributed by atoms with Crippen molar-refractivity contribution in [1.82, 2.24) is 5.32 Å². The van der Waals surface area contributed by atoms with Crippen molar-refractivity contribution in [1.29, 1.82) is 0 Å².